The number of hydrogen-bond acceptors (Lipinski definition) is 3. The summed E-state index contributed by atoms with van der Waals surface area (Å²) in [5.41, 5.74) is 2.29. The second kappa shape index (κ2) is 8.70. The molecule has 3 amide bonds. The van der Waals surface area contributed by atoms with Crippen LogP contribution in [0.3, 0.4) is 0 Å². The summed E-state index contributed by atoms with van der Waals surface area (Å²) < 4.78 is 1.88. The summed E-state index contributed by atoms with van der Waals surface area (Å²) in [6.07, 6.45) is 6.48. The van der Waals surface area contributed by atoms with Crippen LogP contribution in [0.4, 0.5) is 4.79 Å². The quantitative estimate of drug-likeness (QED) is 0.797. The molecule has 1 aromatic rings. The molecule has 1 aliphatic rings. The molecule has 2 N–H and O–H groups in total. The van der Waals surface area contributed by atoms with Crippen molar-refractivity contribution in [1.29, 1.82) is 0 Å². The second-order valence-electron chi connectivity index (χ2n) is 6.34. The number of nitrogens with zero attached hydrogens (tertiary/aromatic N) is 3. The van der Waals surface area contributed by atoms with E-state index in [1.54, 1.807) is 4.90 Å². The number of aryl methyl sites for hydroxylation is 1. The van der Waals surface area contributed by atoms with Gasteiger partial charge in [-0.1, -0.05) is 13.8 Å². The van der Waals surface area contributed by atoms with Crippen LogP contribution in [0.15, 0.2) is 6.20 Å². The lowest BCUT2D eigenvalue weighted by Crippen LogP contribution is -2.47. The maximum atomic E-state index is 12.6. The van der Waals surface area contributed by atoms with Crippen molar-refractivity contribution in [3.8, 4) is 0 Å². The Morgan fingerprint density at radius 1 is 1.38 bits per heavy atom. The van der Waals surface area contributed by atoms with Crippen molar-refractivity contribution in [3.63, 3.8) is 0 Å². The number of nitrogens with one attached hydrogen (secondary N) is 2. The molecule has 1 aromatic heterocycles. The van der Waals surface area contributed by atoms with Crippen molar-refractivity contribution < 1.29 is 9.59 Å². The first-order valence-electron chi connectivity index (χ1n) is 8.89. The number of fused-ring (bicyclic) bond motifs is 1. The Hall–Kier alpha value is -2.05. The minimum Gasteiger partial charge on any atom is -0.355 e. The number of aromatic nitrogens is 2. The average molecular weight is 335 g/mol. The zero-order valence-electron chi connectivity index (χ0n) is 15.0. The fraction of sp³-hybridized carbons (Fsp3) is 0.706. The van der Waals surface area contributed by atoms with Gasteiger partial charge in [0, 0.05) is 31.4 Å². The van der Waals surface area contributed by atoms with Gasteiger partial charge in [0.25, 0.3) is 0 Å². The SMILES string of the molecule is CCCNC(=O)CN(CCC)C(=O)N[C@H]1CCCc2c1cnn2C. The molecule has 0 saturated heterocycles. The molecule has 0 saturated carbocycles. The van der Waals surface area contributed by atoms with Gasteiger partial charge in [-0.05, 0) is 32.1 Å². The third-order valence-electron chi connectivity index (χ3n) is 4.36. The van der Waals surface area contributed by atoms with Gasteiger partial charge in [-0.2, -0.15) is 5.10 Å². The van der Waals surface area contributed by atoms with Gasteiger partial charge >= 0.3 is 6.03 Å². The molecule has 0 unspecified atom stereocenters. The molecular formula is C17H29N5O2. The van der Waals surface area contributed by atoms with Gasteiger partial charge in [0.2, 0.25) is 5.91 Å². The van der Waals surface area contributed by atoms with E-state index in [0.717, 1.165) is 37.7 Å². The lowest BCUT2D eigenvalue weighted by molar-refractivity contribution is -0.121. The normalized spacial score (nSPS) is 16.4. The summed E-state index contributed by atoms with van der Waals surface area (Å²) in [5, 5.41) is 10.2. The summed E-state index contributed by atoms with van der Waals surface area (Å²) in [6, 6.07) is -0.196. The molecule has 7 heteroatoms. The summed E-state index contributed by atoms with van der Waals surface area (Å²) in [5.74, 6) is -0.105. The van der Waals surface area contributed by atoms with E-state index in [2.05, 4.69) is 15.7 Å². The van der Waals surface area contributed by atoms with Crippen molar-refractivity contribution in [2.45, 2.75) is 52.0 Å². The Bertz CT molecular complexity index is 569. The molecule has 1 heterocycles. The zero-order valence-corrected chi connectivity index (χ0v) is 15.0. The molecule has 0 bridgehead atoms. The van der Waals surface area contributed by atoms with Crippen LogP contribution in [0.5, 0.6) is 0 Å². The van der Waals surface area contributed by atoms with Crippen LogP contribution in [-0.2, 0) is 18.3 Å². The molecule has 1 atom stereocenters. The van der Waals surface area contributed by atoms with E-state index < -0.39 is 0 Å². The summed E-state index contributed by atoms with van der Waals surface area (Å²) in [7, 11) is 1.94. The molecule has 134 valence electrons. The molecule has 0 fully saturated rings. The first-order valence-corrected chi connectivity index (χ1v) is 8.89. The summed E-state index contributed by atoms with van der Waals surface area (Å²) in [4.78, 5) is 26.2. The average Bonchev–Trinajstić information content (AvgIpc) is 2.95. The van der Waals surface area contributed by atoms with Crippen LogP contribution in [0, 0.1) is 0 Å². The minimum atomic E-state index is -0.176. The van der Waals surface area contributed by atoms with Crippen LogP contribution in [0.2, 0.25) is 0 Å². The summed E-state index contributed by atoms with van der Waals surface area (Å²) in [6.45, 7) is 5.32. The van der Waals surface area contributed by atoms with Crippen molar-refractivity contribution in [2.75, 3.05) is 19.6 Å². The Morgan fingerprint density at radius 3 is 2.88 bits per heavy atom. The van der Waals surface area contributed by atoms with Crippen molar-refractivity contribution in [1.82, 2.24) is 25.3 Å². The van der Waals surface area contributed by atoms with E-state index in [1.807, 2.05) is 31.8 Å². The molecule has 0 aliphatic heterocycles. The number of urea groups is 1. The molecule has 0 radical (unpaired) electrons. The predicted octanol–water partition coefficient (Wildman–Crippen LogP) is 1.75. The van der Waals surface area contributed by atoms with Crippen molar-refractivity contribution in [2.24, 2.45) is 7.05 Å². The first-order chi connectivity index (χ1) is 11.6. The molecule has 1 aliphatic carbocycles. The van der Waals surface area contributed by atoms with Crippen LogP contribution in [0.1, 0.15) is 56.8 Å². The van der Waals surface area contributed by atoms with E-state index in [4.69, 9.17) is 0 Å². The highest BCUT2D eigenvalue weighted by molar-refractivity contribution is 5.84. The standard InChI is InChI=1S/C17H29N5O2/c1-4-9-18-16(23)12-22(10-5-2)17(24)20-14-7-6-8-15-13(14)11-19-21(15)3/h11,14H,4-10,12H2,1-3H3,(H,18,23)(H,20,24)/t14-/m0/s1. The van der Waals surface area contributed by atoms with E-state index in [1.165, 1.54) is 5.69 Å². The van der Waals surface area contributed by atoms with Gasteiger partial charge in [0.15, 0.2) is 0 Å². The molecule has 24 heavy (non-hydrogen) atoms. The fourth-order valence-electron chi connectivity index (χ4n) is 3.11. The predicted molar refractivity (Wildman–Crippen MR) is 92.6 cm³/mol. The second-order valence-corrected chi connectivity index (χ2v) is 6.34. The molecule has 7 nitrogen and oxygen atoms in total. The third-order valence-corrected chi connectivity index (χ3v) is 4.36. The van der Waals surface area contributed by atoms with Gasteiger partial charge in [-0.15, -0.1) is 0 Å². The Labute approximate surface area is 143 Å². The van der Waals surface area contributed by atoms with Gasteiger partial charge in [0.05, 0.1) is 12.2 Å². The van der Waals surface area contributed by atoms with Crippen LogP contribution in [-0.4, -0.2) is 46.3 Å². The van der Waals surface area contributed by atoms with Crippen LogP contribution in [0.25, 0.3) is 0 Å². The van der Waals surface area contributed by atoms with E-state index in [9.17, 15) is 9.59 Å². The van der Waals surface area contributed by atoms with Gasteiger partial charge < -0.3 is 15.5 Å². The van der Waals surface area contributed by atoms with E-state index in [0.29, 0.717) is 13.1 Å². The molecule has 0 spiro atoms. The van der Waals surface area contributed by atoms with Crippen LogP contribution < -0.4 is 10.6 Å². The Kier molecular flexibility index (Phi) is 6.63. The molecule has 2 rings (SSSR count). The molecular weight excluding hydrogens is 306 g/mol. The number of hydrogen-bond donors (Lipinski definition) is 2. The highest BCUT2D eigenvalue weighted by Crippen LogP contribution is 2.29. The lowest BCUT2D eigenvalue weighted by Gasteiger charge is -2.28. The maximum absolute atomic E-state index is 12.6. The number of carbonyl (C=O) groups excluding carboxylic acids is 2. The fourth-order valence-corrected chi connectivity index (χ4v) is 3.11. The van der Waals surface area contributed by atoms with Crippen molar-refractivity contribution in [3.05, 3.63) is 17.5 Å². The van der Waals surface area contributed by atoms with Crippen LogP contribution >= 0.6 is 0 Å². The lowest BCUT2D eigenvalue weighted by atomic mass is 9.93. The maximum Gasteiger partial charge on any atom is 0.318 e. The number of rotatable bonds is 7. The van der Waals surface area contributed by atoms with E-state index >= 15 is 0 Å². The van der Waals surface area contributed by atoms with Crippen molar-refractivity contribution >= 4 is 11.9 Å². The van der Waals surface area contributed by atoms with Gasteiger partial charge in [-0.3, -0.25) is 9.48 Å². The number of amides is 3. The summed E-state index contributed by atoms with van der Waals surface area (Å²) >= 11 is 0. The first kappa shape index (κ1) is 18.3. The molecule has 0 aromatic carbocycles. The Balaban J connectivity index is 1.99. The van der Waals surface area contributed by atoms with Gasteiger partial charge in [0.1, 0.15) is 6.54 Å². The highest BCUT2D eigenvalue weighted by atomic mass is 16.2. The zero-order chi connectivity index (χ0) is 17.5. The highest BCUT2D eigenvalue weighted by Gasteiger charge is 2.26. The Morgan fingerprint density at radius 2 is 2.17 bits per heavy atom. The smallest absolute Gasteiger partial charge is 0.318 e. The monoisotopic (exact) mass is 335 g/mol. The van der Waals surface area contributed by atoms with E-state index in [-0.39, 0.29) is 24.5 Å². The topological polar surface area (TPSA) is 79.3 Å². The third kappa shape index (κ3) is 4.49. The largest absolute Gasteiger partial charge is 0.355 e. The minimum absolute atomic E-state index is 0.0204. The van der Waals surface area contributed by atoms with Gasteiger partial charge in [-0.25, -0.2) is 4.79 Å². The number of carbonyl (C=O) groups is 2.